The van der Waals surface area contributed by atoms with Crippen LogP contribution in [0.5, 0.6) is 0 Å². The summed E-state index contributed by atoms with van der Waals surface area (Å²) in [5, 5.41) is 38.6. The van der Waals surface area contributed by atoms with Gasteiger partial charge in [0.25, 0.3) is 0 Å². The van der Waals surface area contributed by atoms with E-state index in [1.54, 1.807) is 12.2 Å². The number of fused-ring (bicyclic) bond motifs is 8. The topological polar surface area (TPSA) is 135 Å². The van der Waals surface area contributed by atoms with Crippen molar-refractivity contribution in [3.8, 4) is 0 Å². The summed E-state index contributed by atoms with van der Waals surface area (Å²) >= 11 is 0. The molecule has 3 aromatic rings. The van der Waals surface area contributed by atoms with Gasteiger partial charge in [-0.25, -0.2) is 9.97 Å². The molecule has 9 heteroatoms. The van der Waals surface area contributed by atoms with Crippen molar-refractivity contribution in [1.29, 1.82) is 0 Å². The predicted molar refractivity (Wildman–Crippen MR) is 168 cm³/mol. The SMILES string of the molecule is C=CC1=C(C)c2cc3[n-]c(cc4nc(cc5[n-]c(cc1n2)c(C)c5CCC(O)O)C(CCC(O)O)=C4C)c(C)c3C=C.[Cr+2]. The molecule has 4 N–H and O–H groups in total. The minimum absolute atomic E-state index is 0. The van der Waals surface area contributed by atoms with Gasteiger partial charge in [0.15, 0.2) is 12.6 Å². The molecule has 0 aliphatic carbocycles. The van der Waals surface area contributed by atoms with Gasteiger partial charge in [-0.05, 0) is 62.8 Å². The van der Waals surface area contributed by atoms with Crippen LogP contribution in [0.25, 0.3) is 50.4 Å². The molecule has 2 aliphatic rings. The molecule has 0 amide bonds. The Bertz CT molecular complexity index is 1830. The van der Waals surface area contributed by atoms with Crippen molar-refractivity contribution in [1.82, 2.24) is 19.9 Å². The van der Waals surface area contributed by atoms with Crippen molar-refractivity contribution in [3.05, 3.63) is 88.5 Å². The van der Waals surface area contributed by atoms with Crippen LogP contribution < -0.4 is 9.97 Å². The first-order valence-corrected chi connectivity index (χ1v) is 14.0. The van der Waals surface area contributed by atoms with Gasteiger partial charge in [-0.3, -0.25) is 0 Å². The number of rotatable bonds is 8. The van der Waals surface area contributed by atoms with E-state index in [0.717, 1.165) is 78.2 Å². The maximum atomic E-state index is 9.64. The van der Waals surface area contributed by atoms with Gasteiger partial charge in [-0.1, -0.05) is 66.3 Å². The summed E-state index contributed by atoms with van der Waals surface area (Å²) in [5.41, 5.74) is 13.3. The summed E-state index contributed by atoms with van der Waals surface area (Å²) in [4.78, 5) is 19.9. The summed E-state index contributed by atoms with van der Waals surface area (Å²) in [6.07, 6.45) is 1.84. The fourth-order valence-corrected chi connectivity index (χ4v) is 5.70. The van der Waals surface area contributed by atoms with Crippen LogP contribution in [0.2, 0.25) is 0 Å². The first kappa shape index (κ1) is 32.4. The monoisotopic (exact) mass is 616 g/mol. The Morgan fingerprint density at radius 2 is 1.21 bits per heavy atom. The van der Waals surface area contributed by atoms with Crippen LogP contribution in [0, 0.1) is 13.8 Å². The van der Waals surface area contributed by atoms with E-state index >= 15 is 0 Å². The van der Waals surface area contributed by atoms with Crippen molar-refractivity contribution < 1.29 is 37.8 Å². The van der Waals surface area contributed by atoms with E-state index in [1.165, 1.54) is 0 Å². The minimum atomic E-state index is -1.45. The van der Waals surface area contributed by atoms with Crippen molar-refractivity contribution >= 4 is 50.4 Å². The molecule has 8 nitrogen and oxygen atoms in total. The molecule has 5 heterocycles. The molecule has 0 saturated carbocycles. The fraction of sp³-hybridized carbons (Fsp3) is 0.294. The van der Waals surface area contributed by atoms with Crippen LogP contribution in [0.3, 0.4) is 0 Å². The van der Waals surface area contributed by atoms with Crippen LogP contribution in [-0.2, 0) is 23.8 Å². The van der Waals surface area contributed by atoms with Gasteiger partial charge in [0.05, 0.1) is 22.8 Å². The molecule has 0 saturated heterocycles. The molecule has 0 aromatic carbocycles. The van der Waals surface area contributed by atoms with Crippen molar-refractivity contribution in [2.24, 2.45) is 0 Å². The summed E-state index contributed by atoms with van der Waals surface area (Å²) in [7, 11) is 0. The van der Waals surface area contributed by atoms with Gasteiger partial charge >= 0.3 is 17.4 Å². The quantitative estimate of drug-likeness (QED) is 0.254. The number of aliphatic hydroxyl groups is 4. The van der Waals surface area contributed by atoms with E-state index in [-0.39, 0.29) is 30.2 Å². The molecule has 222 valence electrons. The van der Waals surface area contributed by atoms with Crippen LogP contribution in [0.4, 0.5) is 0 Å². The first-order chi connectivity index (χ1) is 20.0. The Labute approximate surface area is 262 Å². The number of hydrogen-bond acceptors (Lipinski definition) is 6. The van der Waals surface area contributed by atoms with Crippen LogP contribution in [0.15, 0.2) is 43.5 Å². The van der Waals surface area contributed by atoms with Crippen LogP contribution in [-0.4, -0.2) is 43.0 Å². The van der Waals surface area contributed by atoms with Gasteiger partial charge in [0, 0.05) is 18.4 Å². The molecule has 0 radical (unpaired) electrons. The Kier molecular flexibility index (Phi) is 9.77. The predicted octanol–water partition coefficient (Wildman–Crippen LogP) is 5.21. The number of hydrogen-bond donors (Lipinski definition) is 4. The average molecular weight is 617 g/mol. The third-order valence-corrected chi connectivity index (χ3v) is 8.19. The number of allylic oxidation sites excluding steroid dienone is 5. The van der Waals surface area contributed by atoms with E-state index < -0.39 is 12.6 Å². The molecule has 0 fully saturated rings. The number of aryl methyl sites for hydroxylation is 3. The zero-order chi connectivity index (χ0) is 30.3. The maximum absolute atomic E-state index is 9.64. The normalized spacial score (nSPS) is 13.3. The Morgan fingerprint density at radius 3 is 1.86 bits per heavy atom. The van der Waals surface area contributed by atoms with E-state index in [0.29, 0.717) is 24.1 Å². The van der Waals surface area contributed by atoms with Gasteiger partial charge in [0.1, 0.15) is 0 Å². The molecule has 0 spiro atoms. The molecular formula is C34H36CrN4O4. The van der Waals surface area contributed by atoms with Crippen molar-refractivity contribution in [3.63, 3.8) is 0 Å². The second-order valence-corrected chi connectivity index (χ2v) is 10.8. The van der Waals surface area contributed by atoms with E-state index in [4.69, 9.17) is 19.9 Å². The molecule has 8 bridgehead atoms. The van der Waals surface area contributed by atoms with E-state index in [1.807, 2.05) is 52.0 Å². The molecule has 3 aromatic heterocycles. The number of aromatic nitrogens is 4. The zero-order valence-corrected chi connectivity index (χ0v) is 26.1. The van der Waals surface area contributed by atoms with E-state index in [2.05, 4.69) is 13.2 Å². The van der Waals surface area contributed by atoms with Crippen LogP contribution in [0.1, 0.15) is 78.1 Å². The van der Waals surface area contributed by atoms with Gasteiger partial charge in [-0.2, -0.15) is 0 Å². The largest absolute Gasteiger partial charge is 2.00 e. The summed E-state index contributed by atoms with van der Waals surface area (Å²) in [6, 6.07) is 7.77. The summed E-state index contributed by atoms with van der Waals surface area (Å²) in [6.45, 7) is 16.0. The summed E-state index contributed by atoms with van der Waals surface area (Å²) < 4.78 is 0. The number of nitrogens with zero attached hydrogens (tertiary/aromatic N) is 4. The van der Waals surface area contributed by atoms with Crippen LogP contribution >= 0.6 is 0 Å². The van der Waals surface area contributed by atoms with Gasteiger partial charge < -0.3 is 30.4 Å². The molecule has 0 atom stereocenters. The molecule has 2 aliphatic heterocycles. The zero-order valence-electron chi connectivity index (χ0n) is 24.8. The molecule has 0 unspecified atom stereocenters. The van der Waals surface area contributed by atoms with Crippen molar-refractivity contribution in [2.45, 2.75) is 66.0 Å². The van der Waals surface area contributed by atoms with Gasteiger partial charge in [0.2, 0.25) is 0 Å². The summed E-state index contributed by atoms with van der Waals surface area (Å²) in [5.74, 6) is 0. The molecule has 5 rings (SSSR count). The minimum Gasteiger partial charge on any atom is -0.657 e. The van der Waals surface area contributed by atoms with E-state index in [9.17, 15) is 20.4 Å². The Morgan fingerprint density at radius 1 is 0.674 bits per heavy atom. The maximum Gasteiger partial charge on any atom is 2.00 e. The average Bonchev–Trinajstić information content (AvgIpc) is 3.59. The third kappa shape index (κ3) is 6.25. The Balaban J connectivity index is 0.00000423. The fourth-order valence-electron chi connectivity index (χ4n) is 5.70. The second-order valence-electron chi connectivity index (χ2n) is 10.8. The van der Waals surface area contributed by atoms with Crippen molar-refractivity contribution in [2.75, 3.05) is 0 Å². The molecule has 43 heavy (non-hydrogen) atoms. The second kappa shape index (κ2) is 13.0. The number of aliphatic hydroxyl groups excluding tert-OH is 2. The standard InChI is InChI=1S/C34H36N4O4.Cr/c1-7-21-17(3)25-13-26-19(5)23(9-11-33(39)40)31(37-26)16-32-24(10-12-34(41)42)20(6)28(38-32)15-30-22(8-2)18(4)27(36-30)14-29(21)35-25;/h7-8,13-16,33-34,39-42H,1-2,9-12H2,3-6H3;/q-2;+2. The smallest absolute Gasteiger partial charge is 0.657 e. The first-order valence-electron chi connectivity index (χ1n) is 14.0. The molecular weight excluding hydrogens is 580 g/mol. The van der Waals surface area contributed by atoms with Gasteiger partial charge in [-0.15, -0.1) is 22.1 Å². The Hall–Kier alpha value is -3.55. The third-order valence-electron chi connectivity index (χ3n) is 8.19.